The van der Waals surface area contributed by atoms with Crippen LogP contribution in [0.2, 0.25) is 0 Å². The van der Waals surface area contributed by atoms with Crippen LogP contribution < -0.4 is 5.32 Å². The summed E-state index contributed by atoms with van der Waals surface area (Å²) < 4.78 is 0. The predicted octanol–water partition coefficient (Wildman–Crippen LogP) is 4.34. The van der Waals surface area contributed by atoms with Gasteiger partial charge in [0.2, 0.25) is 0 Å². The van der Waals surface area contributed by atoms with Crippen LogP contribution in [0, 0.1) is 0 Å². The van der Waals surface area contributed by atoms with Crippen molar-refractivity contribution in [2.75, 3.05) is 19.6 Å². The number of nitrogens with one attached hydrogen (secondary N) is 1. The highest BCUT2D eigenvalue weighted by Crippen LogP contribution is 2.30. The van der Waals surface area contributed by atoms with Gasteiger partial charge < -0.3 is 5.32 Å². The summed E-state index contributed by atoms with van der Waals surface area (Å²) in [7, 11) is 0. The summed E-state index contributed by atoms with van der Waals surface area (Å²) in [6.45, 7) is 14.8. The van der Waals surface area contributed by atoms with Gasteiger partial charge in [0.25, 0.3) is 0 Å². The summed E-state index contributed by atoms with van der Waals surface area (Å²) in [4.78, 5) is 2.65. The van der Waals surface area contributed by atoms with E-state index in [1.54, 1.807) is 0 Å². The molecule has 1 heterocycles. The van der Waals surface area contributed by atoms with Crippen molar-refractivity contribution in [3.63, 3.8) is 0 Å². The standard InChI is InChI=1S/C19H32N2/c1-6-20-18(14-21-13-7-12-19(21,4)5)17-10-8-16(9-11-17)15(2)3/h8-11,15,18,20H,6-7,12-14H2,1-5H3. The zero-order valence-corrected chi connectivity index (χ0v) is 14.4. The number of likely N-dealkylation sites (tertiary alicyclic amines) is 1. The molecule has 118 valence electrons. The van der Waals surface area contributed by atoms with Crippen molar-refractivity contribution in [3.05, 3.63) is 35.4 Å². The Bertz CT molecular complexity index is 433. The highest BCUT2D eigenvalue weighted by Gasteiger charge is 2.33. The van der Waals surface area contributed by atoms with Gasteiger partial charge in [-0.05, 0) is 56.8 Å². The molecule has 0 radical (unpaired) electrons. The van der Waals surface area contributed by atoms with E-state index in [2.05, 4.69) is 69.1 Å². The summed E-state index contributed by atoms with van der Waals surface area (Å²) >= 11 is 0. The molecular formula is C19H32N2. The predicted molar refractivity (Wildman–Crippen MR) is 91.8 cm³/mol. The Hall–Kier alpha value is -0.860. The molecule has 1 saturated heterocycles. The third-order valence-corrected chi connectivity index (χ3v) is 4.93. The molecule has 1 atom stereocenters. The van der Waals surface area contributed by atoms with Crippen molar-refractivity contribution in [3.8, 4) is 0 Å². The quantitative estimate of drug-likeness (QED) is 0.838. The van der Waals surface area contributed by atoms with Gasteiger partial charge in [-0.1, -0.05) is 45.0 Å². The summed E-state index contributed by atoms with van der Waals surface area (Å²) in [5.41, 5.74) is 3.20. The lowest BCUT2D eigenvalue weighted by Crippen LogP contribution is -2.43. The maximum absolute atomic E-state index is 3.67. The SMILES string of the molecule is CCNC(CN1CCCC1(C)C)c1ccc(C(C)C)cc1. The average Bonchev–Trinajstić information content (AvgIpc) is 2.77. The summed E-state index contributed by atoms with van der Waals surface area (Å²) in [6, 6.07) is 9.64. The van der Waals surface area contributed by atoms with Crippen molar-refractivity contribution in [2.45, 2.75) is 65.0 Å². The van der Waals surface area contributed by atoms with Crippen LogP contribution in [0.3, 0.4) is 0 Å². The molecule has 1 aromatic carbocycles. The first-order valence-corrected chi connectivity index (χ1v) is 8.52. The second kappa shape index (κ2) is 6.93. The molecule has 1 aliphatic heterocycles. The van der Waals surface area contributed by atoms with E-state index in [1.165, 1.54) is 30.5 Å². The molecule has 1 aromatic rings. The minimum atomic E-state index is 0.353. The zero-order valence-electron chi connectivity index (χ0n) is 14.4. The first-order chi connectivity index (χ1) is 9.94. The van der Waals surface area contributed by atoms with Crippen molar-refractivity contribution in [2.24, 2.45) is 0 Å². The number of likely N-dealkylation sites (N-methyl/N-ethyl adjacent to an activating group) is 1. The van der Waals surface area contributed by atoms with Gasteiger partial charge >= 0.3 is 0 Å². The number of rotatable bonds is 6. The van der Waals surface area contributed by atoms with Crippen LogP contribution in [-0.2, 0) is 0 Å². The average molecular weight is 288 g/mol. The van der Waals surface area contributed by atoms with Crippen LogP contribution in [0.4, 0.5) is 0 Å². The molecule has 2 heteroatoms. The lowest BCUT2D eigenvalue weighted by Gasteiger charge is -2.35. The Balaban J connectivity index is 2.11. The fourth-order valence-electron chi connectivity index (χ4n) is 3.37. The van der Waals surface area contributed by atoms with Crippen molar-refractivity contribution >= 4 is 0 Å². The summed E-state index contributed by atoms with van der Waals surface area (Å²) in [6.07, 6.45) is 2.65. The number of benzene rings is 1. The van der Waals surface area contributed by atoms with Crippen LogP contribution in [0.5, 0.6) is 0 Å². The Morgan fingerprint density at radius 1 is 1.14 bits per heavy atom. The maximum atomic E-state index is 3.67. The third kappa shape index (κ3) is 4.08. The normalized spacial score (nSPS) is 20.1. The summed E-state index contributed by atoms with van der Waals surface area (Å²) in [5.74, 6) is 0.606. The fraction of sp³-hybridized carbons (Fsp3) is 0.684. The van der Waals surface area contributed by atoms with Crippen LogP contribution >= 0.6 is 0 Å². The molecular weight excluding hydrogens is 256 g/mol. The van der Waals surface area contributed by atoms with Gasteiger partial charge in [-0.25, -0.2) is 0 Å². The van der Waals surface area contributed by atoms with E-state index in [1.807, 2.05) is 0 Å². The molecule has 1 unspecified atom stereocenters. The van der Waals surface area contributed by atoms with E-state index in [0.29, 0.717) is 17.5 Å². The van der Waals surface area contributed by atoms with Crippen LogP contribution in [0.25, 0.3) is 0 Å². The molecule has 0 bridgehead atoms. The monoisotopic (exact) mass is 288 g/mol. The Morgan fingerprint density at radius 2 is 1.76 bits per heavy atom. The molecule has 1 N–H and O–H groups in total. The molecule has 0 spiro atoms. The van der Waals surface area contributed by atoms with Crippen molar-refractivity contribution < 1.29 is 0 Å². The van der Waals surface area contributed by atoms with Crippen molar-refractivity contribution in [1.29, 1.82) is 0 Å². The highest BCUT2D eigenvalue weighted by atomic mass is 15.2. The Morgan fingerprint density at radius 3 is 2.24 bits per heavy atom. The van der Waals surface area contributed by atoms with Gasteiger partial charge in [0, 0.05) is 18.1 Å². The minimum absolute atomic E-state index is 0.353. The Labute approximate surface area is 130 Å². The first-order valence-electron chi connectivity index (χ1n) is 8.52. The fourth-order valence-corrected chi connectivity index (χ4v) is 3.37. The number of nitrogens with zero attached hydrogens (tertiary/aromatic N) is 1. The smallest absolute Gasteiger partial charge is 0.0449 e. The molecule has 1 aliphatic rings. The lowest BCUT2D eigenvalue weighted by molar-refractivity contribution is 0.157. The summed E-state index contributed by atoms with van der Waals surface area (Å²) in [5, 5.41) is 3.67. The second-order valence-electron chi connectivity index (χ2n) is 7.29. The van der Waals surface area contributed by atoms with Gasteiger partial charge in [-0.3, -0.25) is 4.90 Å². The number of hydrogen-bond donors (Lipinski definition) is 1. The van der Waals surface area contributed by atoms with Crippen LogP contribution in [-0.4, -0.2) is 30.1 Å². The van der Waals surface area contributed by atoms with E-state index in [-0.39, 0.29) is 0 Å². The van der Waals surface area contributed by atoms with Crippen molar-refractivity contribution in [1.82, 2.24) is 10.2 Å². The number of hydrogen-bond acceptors (Lipinski definition) is 2. The largest absolute Gasteiger partial charge is 0.309 e. The van der Waals surface area contributed by atoms with Gasteiger partial charge in [-0.15, -0.1) is 0 Å². The molecule has 0 aromatic heterocycles. The highest BCUT2D eigenvalue weighted by molar-refractivity contribution is 5.27. The van der Waals surface area contributed by atoms with E-state index in [0.717, 1.165) is 13.1 Å². The van der Waals surface area contributed by atoms with Crippen LogP contribution in [0.1, 0.15) is 70.5 Å². The third-order valence-electron chi connectivity index (χ3n) is 4.93. The zero-order chi connectivity index (χ0) is 15.5. The van der Waals surface area contributed by atoms with Crippen LogP contribution in [0.15, 0.2) is 24.3 Å². The molecule has 0 amide bonds. The van der Waals surface area contributed by atoms with Gasteiger partial charge in [0.1, 0.15) is 0 Å². The molecule has 1 fully saturated rings. The second-order valence-corrected chi connectivity index (χ2v) is 7.29. The molecule has 0 aliphatic carbocycles. The van der Waals surface area contributed by atoms with Gasteiger partial charge in [0.05, 0.1) is 0 Å². The van der Waals surface area contributed by atoms with E-state index < -0.39 is 0 Å². The lowest BCUT2D eigenvalue weighted by atomic mass is 9.97. The minimum Gasteiger partial charge on any atom is -0.309 e. The molecule has 0 saturated carbocycles. The van der Waals surface area contributed by atoms with E-state index in [9.17, 15) is 0 Å². The van der Waals surface area contributed by atoms with E-state index >= 15 is 0 Å². The van der Waals surface area contributed by atoms with Gasteiger partial charge in [-0.2, -0.15) is 0 Å². The Kier molecular flexibility index (Phi) is 5.45. The maximum Gasteiger partial charge on any atom is 0.0449 e. The first kappa shape index (κ1) is 16.5. The molecule has 2 rings (SSSR count). The van der Waals surface area contributed by atoms with E-state index in [4.69, 9.17) is 0 Å². The molecule has 21 heavy (non-hydrogen) atoms. The molecule has 2 nitrogen and oxygen atoms in total. The topological polar surface area (TPSA) is 15.3 Å². The van der Waals surface area contributed by atoms with Gasteiger partial charge in [0.15, 0.2) is 0 Å².